The first-order valence-corrected chi connectivity index (χ1v) is 13.5. The van der Waals surface area contributed by atoms with Gasteiger partial charge in [-0.15, -0.1) is 0 Å². The third kappa shape index (κ3) is 4.74. The number of nitrogens with one attached hydrogen (secondary N) is 1. The molecule has 0 radical (unpaired) electrons. The second-order valence-corrected chi connectivity index (χ2v) is 11.4. The van der Waals surface area contributed by atoms with Gasteiger partial charge < -0.3 is 14.8 Å². The molecule has 3 atom stereocenters. The third-order valence-corrected chi connectivity index (χ3v) is 8.89. The average molecular weight is 635 g/mol. The van der Waals surface area contributed by atoms with E-state index >= 15 is 0 Å². The maximum absolute atomic E-state index is 6.62. The van der Waals surface area contributed by atoms with Gasteiger partial charge in [-0.2, -0.15) is 0 Å². The fraction of sp³-hybridized carbons (Fsp3) is 0.231. The molecule has 0 unspecified atom stereocenters. The maximum atomic E-state index is 6.62. The summed E-state index contributed by atoms with van der Waals surface area (Å²) >= 11 is 35.4. The lowest BCUT2D eigenvalue weighted by Gasteiger charge is -2.38. The molecule has 1 aliphatic heterocycles. The van der Waals surface area contributed by atoms with Gasteiger partial charge in [0.25, 0.3) is 0 Å². The van der Waals surface area contributed by atoms with Gasteiger partial charge in [0.1, 0.15) is 6.61 Å². The van der Waals surface area contributed by atoms with E-state index in [1.54, 1.807) is 25.3 Å². The highest BCUT2D eigenvalue weighted by Crippen LogP contribution is 2.55. The number of allylic oxidation sites excluding steroid dienone is 2. The monoisotopic (exact) mass is 631 g/mol. The van der Waals surface area contributed by atoms with Crippen LogP contribution in [0, 0.1) is 5.92 Å². The van der Waals surface area contributed by atoms with Crippen molar-refractivity contribution in [1.82, 2.24) is 0 Å². The summed E-state index contributed by atoms with van der Waals surface area (Å²) in [5.74, 6) is 1.57. The van der Waals surface area contributed by atoms with Crippen LogP contribution in [0.4, 0.5) is 5.69 Å². The quantitative estimate of drug-likeness (QED) is 0.224. The summed E-state index contributed by atoms with van der Waals surface area (Å²) in [5, 5.41) is 6.17. The molecule has 3 nitrogen and oxygen atoms in total. The van der Waals surface area contributed by atoms with Crippen LogP contribution in [0.5, 0.6) is 11.5 Å². The van der Waals surface area contributed by atoms with Crippen LogP contribution in [0.15, 0.2) is 53.0 Å². The largest absolute Gasteiger partial charge is 0.493 e. The van der Waals surface area contributed by atoms with Crippen molar-refractivity contribution in [2.24, 2.45) is 5.92 Å². The molecule has 9 heteroatoms. The summed E-state index contributed by atoms with van der Waals surface area (Å²) in [6, 6.07) is 11.1. The normalized spacial score (nSPS) is 20.3. The molecule has 5 rings (SSSR count). The van der Waals surface area contributed by atoms with Crippen LogP contribution in [0.2, 0.25) is 25.1 Å². The summed E-state index contributed by atoms with van der Waals surface area (Å²) in [6.07, 6.45) is 5.28. The lowest BCUT2D eigenvalue weighted by Crippen LogP contribution is -2.29. The Morgan fingerprint density at radius 2 is 1.77 bits per heavy atom. The second-order valence-electron chi connectivity index (χ2n) is 8.49. The van der Waals surface area contributed by atoms with Crippen molar-refractivity contribution >= 4 is 79.6 Å². The minimum atomic E-state index is -0.0217. The van der Waals surface area contributed by atoms with Gasteiger partial charge in [-0.25, -0.2) is 0 Å². The number of hydrogen-bond donors (Lipinski definition) is 1. The number of halogens is 6. The number of hydrogen-bond acceptors (Lipinski definition) is 3. The van der Waals surface area contributed by atoms with Crippen LogP contribution in [-0.2, 0) is 6.61 Å². The Hall–Kier alpha value is -1.27. The SMILES string of the molecule is COc1cc([C@@H]2Nc3c(Cl)cc(Cl)c(Cl)c3[C@H]3C=CC[C@@H]32)cc(Br)c1OCc1ccc(Cl)c(Cl)c1. The molecule has 1 N–H and O–H groups in total. The summed E-state index contributed by atoms with van der Waals surface area (Å²) in [5.41, 5.74) is 3.70. The number of methoxy groups -OCH3 is 1. The molecular weight excluding hydrogens is 615 g/mol. The van der Waals surface area contributed by atoms with Crippen LogP contribution in [0.25, 0.3) is 0 Å². The molecule has 2 aliphatic rings. The standard InChI is InChI=1S/C26H19BrCl5NO2/c1-34-21-9-13(8-16(27)26(21)35-11-12-5-6-17(28)18(29)7-12)24-15-4-2-3-14(15)22-23(32)19(30)10-20(31)25(22)33-24/h2-3,5-10,14-15,24,33H,4,11H2,1H3/t14-,15-,24-/m0/s1. The van der Waals surface area contributed by atoms with E-state index in [-0.39, 0.29) is 17.9 Å². The lowest BCUT2D eigenvalue weighted by molar-refractivity contribution is 0.282. The Balaban J connectivity index is 1.48. The number of anilines is 1. The number of benzene rings is 3. The van der Waals surface area contributed by atoms with E-state index in [0.717, 1.165) is 33.3 Å². The van der Waals surface area contributed by atoms with E-state index in [0.29, 0.717) is 43.2 Å². The predicted molar refractivity (Wildman–Crippen MR) is 149 cm³/mol. The molecule has 0 bridgehead atoms. The van der Waals surface area contributed by atoms with Crippen LogP contribution < -0.4 is 14.8 Å². The minimum Gasteiger partial charge on any atom is -0.493 e. The Kier molecular flexibility index (Phi) is 7.43. The number of ether oxygens (including phenoxy) is 2. The fourth-order valence-corrected chi connectivity index (χ4v) is 6.54. The molecule has 1 aliphatic carbocycles. The van der Waals surface area contributed by atoms with Crippen LogP contribution in [-0.4, -0.2) is 7.11 Å². The smallest absolute Gasteiger partial charge is 0.175 e. The molecule has 0 saturated heterocycles. The zero-order valence-corrected chi connectivity index (χ0v) is 23.7. The summed E-state index contributed by atoms with van der Waals surface area (Å²) in [7, 11) is 1.62. The van der Waals surface area contributed by atoms with Gasteiger partial charge in [0.05, 0.1) is 48.4 Å². The first kappa shape index (κ1) is 25.4. The molecule has 35 heavy (non-hydrogen) atoms. The van der Waals surface area contributed by atoms with E-state index in [4.69, 9.17) is 67.5 Å². The Morgan fingerprint density at radius 1 is 0.971 bits per heavy atom. The first-order chi connectivity index (χ1) is 16.8. The maximum Gasteiger partial charge on any atom is 0.175 e. The highest BCUT2D eigenvalue weighted by molar-refractivity contribution is 9.10. The van der Waals surface area contributed by atoms with Crippen molar-refractivity contribution in [2.45, 2.75) is 25.0 Å². The average Bonchev–Trinajstić information content (AvgIpc) is 3.32. The summed E-state index contributed by atoms with van der Waals surface area (Å²) in [6.45, 7) is 0.309. The van der Waals surface area contributed by atoms with Crippen molar-refractivity contribution < 1.29 is 9.47 Å². The molecule has 0 amide bonds. The molecule has 0 spiro atoms. The van der Waals surface area contributed by atoms with Gasteiger partial charge in [-0.3, -0.25) is 0 Å². The highest BCUT2D eigenvalue weighted by Gasteiger charge is 2.41. The van der Waals surface area contributed by atoms with Crippen LogP contribution >= 0.6 is 73.9 Å². The fourth-order valence-electron chi connectivity index (χ4n) is 4.84. The highest BCUT2D eigenvalue weighted by atomic mass is 79.9. The first-order valence-electron chi connectivity index (χ1n) is 10.8. The van der Waals surface area contributed by atoms with Crippen molar-refractivity contribution in [3.63, 3.8) is 0 Å². The minimum absolute atomic E-state index is 0.0217. The van der Waals surface area contributed by atoms with Gasteiger partial charge in [-0.05, 0) is 69.7 Å². The molecule has 0 saturated carbocycles. The predicted octanol–water partition coefficient (Wildman–Crippen LogP) is 10.1. The molecule has 3 aromatic rings. The molecule has 0 aromatic heterocycles. The topological polar surface area (TPSA) is 30.5 Å². The van der Waals surface area contributed by atoms with Crippen LogP contribution in [0.1, 0.15) is 35.1 Å². The lowest BCUT2D eigenvalue weighted by atomic mass is 9.77. The molecule has 3 aromatic carbocycles. The van der Waals surface area contributed by atoms with E-state index in [2.05, 4.69) is 39.5 Å². The molecular formula is C26H19BrCl5NO2. The zero-order valence-electron chi connectivity index (χ0n) is 18.3. The van der Waals surface area contributed by atoms with Gasteiger partial charge in [-0.1, -0.05) is 76.2 Å². The van der Waals surface area contributed by atoms with E-state index in [9.17, 15) is 0 Å². The molecule has 1 heterocycles. The van der Waals surface area contributed by atoms with E-state index in [1.165, 1.54) is 0 Å². The summed E-state index contributed by atoms with van der Waals surface area (Å²) in [4.78, 5) is 0. The Bertz CT molecular complexity index is 1350. The summed E-state index contributed by atoms with van der Waals surface area (Å²) < 4.78 is 12.6. The van der Waals surface area contributed by atoms with Gasteiger partial charge >= 0.3 is 0 Å². The Morgan fingerprint density at radius 3 is 2.51 bits per heavy atom. The van der Waals surface area contributed by atoms with Crippen molar-refractivity contribution in [1.29, 1.82) is 0 Å². The van der Waals surface area contributed by atoms with Crippen molar-refractivity contribution in [3.8, 4) is 11.5 Å². The van der Waals surface area contributed by atoms with Crippen molar-refractivity contribution in [2.75, 3.05) is 12.4 Å². The number of rotatable bonds is 5. The second kappa shape index (κ2) is 10.2. The van der Waals surface area contributed by atoms with Gasteiger partial charge in [0, 0.05) is 11.5 Å². The van der Waals surface area contributed by atoms with Crippen molar-refractivity contribution in [3.05, 3.63) is 94.8 Å². The molecule has 0 fully saturated rings. The Labute approximate surface area is 237 Å². The number of fused-ring (bicyclic) bond motifs is 3. The van der Waals surface area contributed by atoms with Gasteiger partial charge in [0.15, 0.2) is 11.5 Å². The van der Waals surface area contributed by atoms with E-state index < -0.39 is 0 Å². The van der Waals surface area contributed by atoms with E-state index in [1.807, 2.05) is 12.1 Å². The zero-order chi connectivity index (χ0) is 24.9. The van der Waals surface area contributed by atoms with Gasteiger partial charge in [0.2, 0.25) is 0 Å². The van der Waals surface area contributed by atoms with Crippen LogP contribution in [0.3, 0.4) is 0 Å². The third-order valence-electron chi connectivity index (χ3n) is 6.46. The molecule has 182 valence electrons.